The molecule has 0 saturated heterocycles. The quantitative estimate of drug-likeness (QED) is 0.272. The summed E-state index contributed by atoms with van der Waals surface area (Å²) >= 11 is 0. The summed E-state index contributed by atoms with van der Waals surface area (Å²) in [7, 11) is 0. The summed E-state index contributed by atoms with van der Waals surface area (Å²) in [4.78, 5) is 38.5. The average Bonchev–Trinajstić information content (AvgIpc) is 2.67. The monoisotopic (exact) mass is 444 g/mol. The minimum absolute atomic E-state index is 0.0345. The lowest BCUT2D eigenvalue weighted by Gasteiger charge is -2.29. The Hall–Kier alpha value is -1.51. The van der Waals surface area contributed by atoms with Gasteiger partial charge in [0.25, 0.3) is 0 Å². The van der Waals surface area contributed by atoms with Crippen molar-refractivity contribution >= 4 is 17.3 Å². The first-order valence-electron chi connectivity index (χ1n) is 13.0. The van der Waals surface area contributed by atoms with Gasteiger partial charge in [-0.15, -0.1) is 0 Å². The molecule has 0 aromatic carbocycles. The van der Waals surface area contributed by atoms with Crippen LogP contribution in [-0.2, 0) is 14.4 Å². The van der Waals surface area contributed by atoms with Gasteiger partial charge in [0.2, 0.25) is 0 Å². The zero-order valence-electron chi connectivity index (χ0n) is 21.7. The van der Waals surface area contributed by atoms with Crippen LogP contribution in [0.15, 0.2) is 23.8 Å². The van der Waals surface area contributed by atoms with E-state index in [4.69, 9.17) is 0 Å². The molecule has 1 aliphatic rings. The molecule has 0 saturated carbocycles. The maximum Gasteiger partial charge on any atom is 0.143 e. The first-order valence-corrected chi connectivity index (χ1v) is 13.0. The van der Waals surface area contributed by atoms with Crippen LogP contribution < -0.4 is 0 Å². The molecule has 0 aromatic rings. The molecule has 1 rings (SSSR count). The van der Waals surface area contributed by atoms with Crippen molar-refractivity contribution in [1.29, 1.82) is 0 Å². The van der Waals surface area contributed by atoms with Crippen LogP contribution in [0.1, 0.15) is 119 Å². The summed E-state index contributed by atoms with van der Waals surface area (Å²) in [5, 5.41) is 0. The zero-order chi connectivity index (χ0) is 24.1. The highest BCUT2D eigenvalue weighted by atomic mass is 16.1. The van der Waals surface area contributed by atoms with Gasteiger partial charge < -0.3 is 0 Å². The number of rotatable bonds is 13. The maximum atomic E-state index is 13.2. The van der Waals surface area contributed by atoms with Gasteiger partial charge in [-0.25, -0.2) is 0 Å². The van der Waals surface area contributed by atoms with Gasteiger partial charge >= 0.3 is 0 Å². The normalized spacial score (nSPS) is 22.5. The fraction of sp³-hybridized carbons (Fsp3) is 0.759. The van der Waals surface area contributed by atoms with E-state index in [1.807, 2.05) is 13.0 Å². The second-order valence-corrected chi connectivity index (χ2v) is 10.9. The smallest absolute Gasteiger partial charge is 0.143 e. The van der Waals surface area contributed by atoms with Crippen molar-refractivity contribution in [1.82, 2.24) is 0 Å². The largest absolute Gasteiger partial charge is 0.299 e. The lowest BCUT2D eigenvalue weighted by Crippen LogP contribution is -2.29. The SMILES string of the molecule is CCCC(CC1CC/C=C\C=C(\C)CC(=O)C1)C(CC)C(=O)CC(=O)CC(C)(C)CCC. The van der Waals surface area contributed by atoms with Gasteiger partial charge in [0.1, 0.15) is 17.3 Å². The predicted molar refractivity (Wildman–Crippen MR) is 135 cm³/mol. The maximum absolute atomic E-state index is 13.2. The molecule has 0 aliphatic heterocycles. The highest BCUT2D eigenvalue weighted by molar-refractivity contribution is 6.00. The van der Waals surface area contributed by atoms with Crippen molar-refractivity contribution in [3.8, 4) is 0 Å². The molecule has 0 radical (unpaired) electrons. The topological polar surface area (TPSA) is 51.2 Å². The Balaban J connectivity index is 2.85. The Bertz CT molecular complexity index is 668. The lowest BCUT2D eigenvalue weighted by atomic mass is 9.74. The van der Waals surface area contributed by atoms with Crippen LogP contribution in [0.5, 0.6) is 0 Å². The third-order valence-electron chi connectivity index (χ3n) is 6.94. The van der Waals surface area contributed by atoms with Gasteiger partial charge in [-0.3, -0.25) is 14.4 Å². The van der Waals surface area contributed by atoms with Gasteiger partial charge in [-0.1, -0.05) is 77.7 Å². The molecule has 3 heteroatoms. The zero-order valence-corrected chi connectivity index (χ0v) is 21.7. The average molecular weight is 445 g/mol. The molecular formula is C29H48O3. The molecule has 0 amide bonds. The molecule has 0 aromatic heterocycles. The number of hydrogen-bond donors (Lipinski definition) is 0. The van der Waals surface area contributed by atoms with Crippen molar-refractivity contribution in [2.45, 2.75) is 119 Å². The van der Waals surface area contributed by atoms with E-state index >= 15 is 0 Å². The first kappa shape index (κ1) is 28.5. The second-order valence-electron chi connectivity index (χ2n) is 10.9. The van der Waals surface area contributed by atoms with Crippen molar-refractivity contribution in [3.63, 3.8) is 0 Å². The number of hydrogen-bond acceptors (Lipinski definition) is 3. The van der Waals surface area contributed by atoms with Crippen molar-refractivity contribution in [3.05, 3.63) is 23.8 Å². The molecule has 3 atom stereocenters. The van der Waals surface area contributed by atoms with E-state index in [0.29, 0.717) is 31.0 Å². The third kappa shape index (κ3) is 10.9. The summed E-state index contributed by atoms with van der Waals surface area (Å²) in [6.07, 6.45) is 15.7. The first-order chi connectivity index (χ1) is 15.1. The molecule has 3 unspecified atom stereocenters. The Kier molecular flexibility index (Phi) is 13.0. The molecular weight excluding hydrogens is 396 g/mol. The van der Waals surface area contributed by atoms with Gasteiger partial charge in [0.15, 0.2) is 0 Å². The molecule has 32 heavy (non-hydrogen) atoms. The highest BCUT2D eigenvalue weighted by Crippen LogP contribution is 2.34. The minimum Gasteiger partial charge on any atom is -0.299 e. The van der Waals surface area contributed by atoms with Crippen LogP contribution in [0.4, 0.5) is 0 Å². The lowest BCUT2D eigenvalue weighted by molar-refractivity contribution is -0.131. The third-order valence-corrected chi connectivity index (χ3v) is 6.94. The molecule has 3 nitrogen and oxygen atoms in total. The van der Waals surface area contributed by atoms with Crippen LogP contribution in [0, 0.1) is 23.2 Å². The number of Topliss-reactive ketones (excluding diaryl/α,β-unsaturated/α-hetero) is 3. The molecule has 0 N–H and O–H groups in total. The Morgan fingerprint density at radius 3 is 2.50 bits per heavy atom. The molecule has 0 heterocycles. The van der Waals surface area contributed by atoms with E-state index in [9.17, 15) is 14.4 Å². The fourth-order valence-corrected chi connectivity index (χ4v) is 5.52. The summed E-state index contributed by atoms with van der Waals surface area (Å²) in [5.41, 5.74) is 1.08. The number of carbonyl (C=O) groups excluding carboxylic acids is 3. The van der Waals surface area contributed by atoms with Gasteiger partial charge in [0, 0.05) is 25.2 Å². The van der Waals surface area contributed by atoms with E-state index in [0.717, 1.165) is 56.9 Å². The second kappa shape index (κ2) is 14.6. The number of ketones is 3. The number of carbonyl (C=O) groups is 3. The van der Waals surface area contributed by atoms with Crippen molar-refractivity contribution in [2.24, 2.45) is 23.2 Å². The van der Waals surface area contributed by atoms with E-state index in [2.05, 4.69) is 46.8 Å². The summed E-state index contributed by atoms with van der Waals surface area (Å²) in [5.74, 6) is 1.01. The van der Waals surface area contributed by atoms with Crippen LogP contribution in [0.25, 0.3) is 0 Å². The van der Waals surface area contributed by atoms with E-state index < -0.39 is 0 Å². The van der Waals surface area contributed by atoms with Crippen LogP contribution in [0.3, 0.4) is 0 Å². The van der Waals surface area contributed by atoms with Crippen molar-refractivity contribution in [2.75, 3.05) is 0 Å². The molecule has 0 bridgehead atoms. The molecule has 0 fully saturated rings. The minimum atomic E-state index is -0.0733. The van der Waals surface area contributed by atoms with Crippen LogP contribution >= 0.6 is 0 Å². The Labute approximate surface area is 197 Å². The molecule has 0 spiro atoms. The number of allylic oxidation sites excluding steroid dienone is 4. The van der Waals surface area contributed by atoms with E-state index in [-0.39, 0.29) is 35.2 Å². The Morgan fingerprint density at radius 1 is 1.16 bits per heavy atom. The highest BCUT2D eigenvalue weighted by Gasteiger charge is 2.31. The van der Waals surface area contributed by atoms with E-state index in [1.165, 1.54) is 0 Å². The summed E-state index contributed by atoms with van der Waals surface area (Å²) < 4.78 is 0. The van der Waals surface area contributed by atoms with Gasteiger partial charge in [0.05, 0.1) is 6.42 Å². The van der Waals surface area contributed by atoms with E-state index in [1.54, 1.807) is 0 Å². The summed E-state index contributed by atoms with van der Waals surface area (Å²) in [6.45, 7) is 12.6. The fourth-order valence-electron chi connectivity index (χ4n) is 5.52. The summed E-state index contributed by atoms with van der Waals surface area (Å²) in [6, 6.07) is 0. The van der Waals surface area contributed by atoms with Gasteiger partial charge in [-0.2, -0.15) is 0 Å². The van der Waals surface area contributed by atoms with Crippen LogP contribution in [0.2, 0.25) is 0 Å². The van der Waals surface area contributed by atoms with Crippen LogP contribution in [-0.4, -0.2) is 17.3 Å². The predicted octanol–water partition coefficient (Wildman–Crippen LogP) is 7.83. The Morgan fingerprint density at radius 2 is 1.88 bits per heavy atom. The standard InChI is InChI=1S/C29H48O3/c1-7-13-24(18-23-15-12-10-11-14-22(4)17-25(30)19-23)27(9-3)28(32)20-26(31)21-29(5,6)16-8-2/h10-11,14,23-24,27H,7-9,12-13,15-21H2,1-6H3/b11-10-,22-14-. The van der Waals surface area contributed by atoms with Gasteiger partial charge in [-0.05, 0) is 56.3 Å². The molecule has 182 valence electrons. The van der Waals surface area contributed by atoms with Crippen molar-refractivity contribution < 1.29 is 14.4 Å². The molecule has 1 aliphatic carbocycles.